The predicted octanol–water partition coefficient (Wildman–Crippen LogP) is -1.01. The molecule has 8 heteroatoms. The van der Waals surface area contributed by atoms with Crippen molar-refractivity contribution in [1.82, 2.24) is 25.5 Å². The highest BCUT2D eigenvalue weighted by molar-refractivity contribution is 5.82. The van der Waals surface area contributed by atoms with Crippen LogP contribution in [0, 0.1) is 0 Å². The molecule has 0 radical (unpaired) electrons. The van der Waals surface area contributed by atoms with Gasteiger partial charge < -0.3 is 10.4 Å². The van der Waals surface area contributed by atoms with Gasteiger partial charge in [0.2, 0.25) is 5.91 Å². The Hall–Kier alpha value is -2.25. The summed E-state index contributed by atoms with van der Waals surface area (Å²) in [5, 5.41) is 21.5. The molecule has 0 saturated carbocycles. The number of nitrogens with zero attached hydrogens (tertiary/aromatic N) is 4. The summed E-state index contributed by atoms with van der Waals surface area (Å²) in [6.07, 6.45) is 2.36. The summed E-state index contributed by atoms with van der Waals surface area (Å²) in [5.41, 5.74) is 0. The normalized spacial score (nSPS) is 9.88. The largest absolute Gasteiger partial charge is 0.480 e. The number of carbonyl (C=O) groups excluding carboxylic acids is 1. The van der Waals surface area contributed by atoms with Crippen LogP contribution in [0.5, 0.6) is 0 Å². The zero-order valence-corrected chi connectivity index (χ0v) is 9.17. The highest BCUT2D eigenvalue weighted by Gasteiger charge is 2.11. The van der Waals surface area contributed by atoms with Crippen molar-refractivity contribution in [2.45, 2.75) is 19.4 Å². The number of carboxylic acids is 1. The van der Waals surface area contributed by atoms with Crippen molar-refractivity contribution in [2.24, 2.45) is 0 Å². The second-order valence-corrected chi connectivity index (χ2v) is 3.24. The van der Waals surface area contributed by atoms with Gasteiger partial charge in [-0.2, -0.15) is 0 Å². The van der Waals surface area contributed by atoms with Gasteiger partial charge in [0.15, 0.2) is 5.82 Å². The molecule has 0 bridgehead atoms. The third-order valence-electron chi connectivity index (χ3n) is 1.91. The van der Waals surface area contributed by atoms with E-state index in [0.29, 0.717) is 18.8 Å². The van der Waals surface area contributed by atoms with E-state index in [1.165, 1.54) is 4.68 Å². The molecule has 92 valence electrons. The minimum Gasteiger partial charge on any atom is -0.480 e. The average Bonchev–Trinajstić information content (AvgIpc) is 2.71. The smallest absolute Gasteiger partial charge is 0.322 e. The Kier molecular flexibility index (Phi) is 4.79. The van der Waals surface area contributed by atoms with E-state index in [-0.39, 0.29) is 6.42 Å². The van der Waals surface area contributed by atoms with Crippen LogP contribution in [-0.2, 0) is 22.6 Å². The lowest BCUT2D eigenvalue weighted by Crippen LogP contribution is -2.31. The number of aromatic nitrogens is 4. The van der Waals surface area contributed by atoms with E-state index in [1.807, 2.05) is 0 Å². The van der Waals surface area contributed by atoms with Crippen LogP contribution in [0.3, 0.4) is 0 Å². The first kappa shape index (κ1) is 12.8. The molecule has 1 aromatic rings. The van der Waals surface area contributed by atoms with Gasteiger partial charge in [-0.15, -0.1) is 11.7 Å². The molecule has 1 amide bonds. The number of aliphatic carboxylic acids is 1. The Labute approximate surface area is 97.3 Å². The molecule has 0 aliphatic rings. The van der Waals surface area contributed by atoms with Crippen LogP contribution >= 0.6 is 0 Å². The fourth-order valence-electron chi connectivity index (χ4n) is 1.12. The molecular formula is C9H13N5O3. The number of aryl methyl sites for hydroxylation is 1. The number of tetrazole rings is 1. The summed E-state index contributed by atoms with van der Waals surface area (Å²) < 4.78 is 1.49. The maximum atomic E-state index is 11.3. The Morgan fingerprint density at radius 3 is 2.94 bits per heavy atom. The van der Waals surface area contributed by atoms with Crippen LogP contribution in [0.25, 0.3) is 0 Å². The molecule has 8 nitrogen and oxygen atoms in total. The summed E-state index contributed by atoms with van der Waals surface area (Å²) in [6.45, 7) is 3.70. The molecule has 1 rings (SSSR count). The number of carbonyl (C=O) groups is 2. The quantitative estimate of drug-likeness (QED) is 0.590. The molecule has 0 aliphatic carbocycles. The molecule has 1 aromatic heterocycles. The Balaban J connectivity index is 2.49. The summed E-state index contributed by atoms with van der Waals surface area (Å²) >= 11 is 0. The highest BCUT2D eigenvalue weighted by atomic mass is 16.4. The maximum Gasteiger partial charge on any atom is 0.322 e. The van der Waals surface area contributed by atoms with Crippen LogP contribution in [-0.4, -0.2) is 43.7 Å². The molecule has 0 unspecified atom stereocenters. The van der Waals surface area contributed by atoms with Crippen molar-refractivity contribution in [2.75, 3.05) is 6.54 Å². The lowest BCUT2D eigenvalue weighted by molar-refractivity contribution is -0.137. The second kappa shape index (κ2) is 6.36. The molecule has 0 fully saturated rings. The van der Waals surface area contributed by atoms with Gasteiger partial charge in [-0.25, -0.2) is 4.68 Å². The van der Waals surface area contributed by atoms with E-state index in [2.05, 4.69) is 27.4 Å². The zero-order valence-electron chi connectivity index (χ0n) is 9.17. The summed E-state index contributed by atoms with van der Waals surface area (Å²) in [5.74, 6) is -1.12. The molecule has 0 aliphatic heterocycles. The molecule has 17 heavy (non-hydrogen) atoms. The number of allylic oxidation sites excluding steroid dienone is 1. The van der Waals surface area contributed by atoms with Crippen LogP contribution in [0.1, 0.15) is 12.2 Å². The van der Waals surface area contributed by atoms with Crippen LogP contribution < -0.4 is 5.32 Å². The minimum absolute atomic E-state index is 0.0442. The number of carboxylic acid groups (broad SMARTS) is 1. The first-order chi connectivity index (χ1) is 8.13. The Morgan fingerprint density at radius 2 is 2.29 bits per heavy atom. The highest BCUT2D eigenvalue weighted by Crippen LogP contribution is 1.96. The second-order valence-electron chi connectivity index (χ2n) is 3.24. The molecule has 0 aromatic carbocycles. The van der Waals surface area contributed by atoms with Gasteiger partial charge in [-0.3, -0.25) is 9.59 Å². The molecule has 0 spiro atoms. The third-order valence-corrected chi connectivity index (χ3v) is 1.91. The molecule has 2 N–H and O–H groups in total. The van der Waals surface area contributed by atoms with Crippen LogP contribution in [0.4, 0.5) is 0 Å². The lowest BCUT2D eigenvalue weighted by atomic mass is 10.3. The van der Waals surface area contributed by atoms with Crippen molar-refractivity contribution in [3.05, 3.63) is 18.5 Å². The van der Waals surface area contributed by atoms with Gasteiger partial charge in [0.25, 0.3) is 0 Å². The fraction of sp³-hybridized carbons (Fsp3) is 0.444. The van der Waals surface area contributed by atoms with E-state index >= 15 is 0 Å². The standard InChI is InChI=1S/C9H13N5O3/c1-2-3-4-14-7(11-12-13-14)5-8(15)10-6-9(16)17/h2H,1,3-6H2,(H,10,15)(H,16,17). The summed E-state index contributed by atoms with van der Waals surface area (Å²) in [7, 11) is 0. The lowest BCUT2D eigenvalue weighted by Gasteiger charge is -2.03. The zero-order chi connectivity index (χ0) is 12.7. The number of nitrogens with one attached hydrogen (secondary N) is 1. The Bertz CT molecular complexity index is 415. The van der Waals surface area contributed by atoms with Crippen LogP contribution in [0.2, 0.25) is 0 Å². The van der Waals surface area contributed by atoms with E-state index in [9.17, 15) is 9.59 Å². The molecule has 1 heterocycles. The molecule has 0 atom stereocenters. The van der Waals surface area contributed by atoms with Crippen LogP contribution in [0.15, 0.2) is 12.7 Å². The Morgan fingerprint density at radius 1 is 1.53 bits per heavy atom. The van der Waals surface area contributed by atoms with Gasteiger partial charge in [-0.1, -0.05) is 6.08 Å². The van der Waals surface area contributed by atoms with Crippen molar-refractivity contribution < 1.29 is 14.7 Å². The van der Waals surface area contributed by atoms with Crippen molar-refractivity contribution in [1.29, 1.82) is 0 Å². The first-order valence-corrected chi connectivity index (χ1v) is 4.98. The molecular weight excluding hydrogens is 226 g/mol. The number of rotatable bonds is 7. The monoisotopic (exact) mass is 239 g/mol. The van der Waals surface area contributed by atoms with E-state index in [0.717, 1.165) is 0 Å². The average molecular weight is 239 g/mol. The predicted molar refractivity (Wildman–Crippen MR) is 57.0 cm³/mol. The van der Waals surface area contributed by atoms with Crippen molar-refractivity contribution in [3.63, 3.8) is 0 Å². The number of amides is 1. The summed E-state index contributed by atoms with van der Waals surface area (Å²) in [4.78, 5) is 21.6. The SMILES string of the molecule is C=CCCn1nnnc1CC(=O)NCC(=O)O. The van der Waals surface area contributed by atoms with Gasteiger partial charge in [-0.05, 0) is 16.8 Å². The van der Waals surface area contributed by atoms with E-state index in [4.69, 9.17) is 5.11 Å². The number of hydrogen-bond donors (Lipinski definition) is 2. The number of hydrogen-bond acceptors (Lipinski definition) is 5. The van der Waals surface area contributed by atoms with Gasteiger partial charge in [0.05, 0.1) is 6.42 Å². The first-order valence-electron chi connectivity index (χ1n) is 4.98. The van der Waals surface area contributed by atoms with Gasteiger partial charge in [0.1, 0.15) is 6.54 Å². The maximum absolute atomic E-state index is 11.3. The van der Waals surface area contributed by atoms with E-state index < -0.39 is 18.4 Å². The molecule has 0 saturated heterocycles. The van der Waals surface area contributed by atoms with Crippen molar-refractivity contribution >= 4 is 11.9 Å². The van der Waals surface area contributed by atoms with Gasteiger partial charge >= 0.3 is 5.97 Å². The van der Waals surface area contributed by atoms with E-state index in [1.54, 1.807) is 6.08 Å². The topological polar surface area (TPSA) is 110 Å². The third kappa shape index (κ3) is 4.41. The minimum atomic E-state index is -1.09. The summed E-state index contributed by atoms with van der Waals surface area (Å²) in [6, 6.07) is 0. The fourth-order valence-corrected chi connectivity index (χ4v) is 1.12. The van der Waals surface area contributed by atoms with Gasteiger partial charge in [0, 0.05) is 6.54 Å². The van der Waals surface area contributed by atoms with Crippen molar-refractivity contribution in [3.8, 4) is 0 Å².